The van der Waals surface area contributed by atoms with Gasteiger partial charge in [0.25, 0.3) is 12.3 Å². The number of rotatable bonds is 3. The Morgan fingerprint density at radius 3 is 3.00 bits per heavy atom. The number of fused-ring (bicyclic) bond motifs is 1. The molecule has 2 heterocycles. The molecular weight excluding hydrogens is 236 g/mol. The molecule has 0 bridgehead atoms. The van der Waals surface area contributed by atoms with Crippen LogP contribution in [0.1, 0.15) is 6.92 Å². The van der Waals surface area contributed by atoms with E-state index in [1.165, 1.54) is 0 Å². The lowest BCUT2D eigenvalue weighted by atomic mass is 10.2. The third kappa shape index (κ3) is 2.06. The number of ether oxygens (including phenoxy) is 4. The van der Waals surface area contributed by atoms with E-state index in [0.717, 1.165) is 5.75 Å². The lowest BCUT2D eigenvalue weighted by Crippen LogP contribution is -2.38. The normalized spacial score (nSPS) is 25.1. The molecule has 1 N–H and O–H groups in total. The maximum absolute atomic E-state index is 5.77. The molecule has 0 radical (unpaired) electrons. The van der Waals surface area contributed by atoms with Gasteiger partial charge in [0.1, 0.15) is 6.61 Å². The zero-order valence-corrected chi connectivity index (χ0v) is 9.96. The first-order valence-corrected chi connectivity index (χ1v) is 5.86. The fourth-order valence-corrected chi connectivity index (χ4v) is 1.79. The highest BCUT2D eigenvalue weighted by Gasteiger charge is 2.32. The molecule has 2 aliphatic heterocycles. The number of benzene rings is 1. The van der Waals surface area contributed by atoms with Crippen LogP contribution in [0.25, 0.3) is 0 Å². The molecule has 2 unspecified atom stereocenters. The van der Waals surface area contributed by atoms with E-state index >= 15 is 0 Å². The van der Waals surface area contributed by atoms with Crippen LogP contribution in [0.15, 0.2) is 29.4 Å². The fraction of sp³-hybridized carbons (Fsp3) is 0.417. The Bertz CT molecular complexity index is 463. The van der Waals surface area contributed by atoms with Crippen molar-refractivity contribution < 1.29 is 18.9 Å². The maximum Gasteiger partial charge on any atom is 0.297 e. The predicted molar refractivity (Wildman–Crippen MR) is 63.4 cm³/mol. The van der Waals surface area contributed by atoms with Crippen molar-refractivity contribution in [1.82, 2.24) is 5.43 Å². The van der Waals surface area contributed by atoms with E-state index in [0.29, 0.717) is 24.9 Å². The summed E-state index contributed by atoms with van der Waals surface area (Å²) in [6.07, 6.45) is -0.886. The Kier molecular flexibility index (Phi) is 2.93. The van der Waals surface area contributed by atoms with Crippen LogP contribution in [0.4, 0.5) is 0 Å². The lowest BCUT2D eigenvalue weighted by molar-refractivity contribution is -0.0940. The molecular formula is C12H14N2O4. The van der Waals surface area contributed by atoms with E-state index in [-0.39, 0.29) is 6.10 Å². The van der Waals surface area contributed by atoms with E-state index < -0.39 is 6.41 Å². The third-order valence-electron chi connectivity index (χ3n) is 2.61. The van der Waals surface area contributed by atoms with E-state index in [2.05, 4.69) is 10.5 Å². The molecule has 0 saturated carbocycles. The fourth-order valence-electron chi connectivity index (χ4n) is 1.79. The SMILES string of the molecule is CCOC1NN=C(C2COc3ccccc3O2)O1. The van der Waals surface area contributed by atoms with Crippen molar-refractivity contribution in [2.45, 2.75) is 19.4 Å². The largest absolute Gasteiger partial charge is 0.485 e. The summed E-state index contributed by atoms with van der Waals surface area (Å²) in [4.78, 5) is 0. The Morgan fingerprint density at radius 1 is 1.33 bits per heavy atom. The molecule has 96 valence electrons. The maximum atomic E-state index is 5.77. The van der Waals surface area contributed by atoms with Crippen molar-refractivity contribution >= 4 is 5.90 Å². The van der Waals surface area contributed by atoms with Crippen LogP contribution in [0, 0.1) is 0 Å². The summed E-state index contributed by atoms with van der Waals surface area (Å²) in [5.41, 5.74) is 2.74. The van der Waals surface area contributed by atoms with Gasteiger partial charge in [-0.15, -0.1) is 5.10 Å². The summed E-state index contributed by atoms with van der Waals surface area (Å²) >= 11 is 0. The van der Waals surface area contributed by atoms with Gasteiger partial charge >= 0.3 is 0 Å². The zero-order chi connectivity index (χ0) is 12.4. The van der Waals surface area contributed by atoms with E-state index in [9.17, 15) is 0 Å². The van der Waals surface area contributed by atoms with Crippen molar-refractivity contribution in [2.24, 2.45) is 5.10 Å². The second kappa shape index (κ2) is 4.73. The number of hydrogen-bond donors (Lipinski definition) is 1. The van der Waals surface area contributed by atoms with Crippen LogP contribution in [0.2, 0.25) is 0 Å². The average molecular weight is 250 g/mol. The number of hydrogen-bond acceptors (Lipinski definition) is 6. The molecule has 2 atom stereocenters. The third-order valence-corrected chi connectivity index (χ3v) is 2.61. The van der Waals surface area contributed by atoms with Gasteiger partial charge in [-0.25, -0.2) is 5.43 Å². The molecule has 1 aromatic rings. The van der Waals surface area contributed by atoms with Gasteiger partial charge in [-0.2, -0.15) is 0 Å². The van der Waals surface area contributed by atoms with Crippen LogP contribution in [-0.4, -0.2) is 31.6 Å². The Balaban J connectivity index is 1.66. The monoisotopic (exact) mass is 250 g/mol. The number of hydrazone groups is 1. The first-order chi connectivity index (χ1) is 8.86. The molecule has 0 amide bonds. The van der Waals surface area contributed by atoms with E-state index in [1.54, 1.807) is 0 Å². The first-order valence-electron chi connectivity index (χ1n) is 5.86. The Morgan fingerprint density at radius 2 is 2.17 bits per heavy atom. The van der Waals surface area contributed by atoms with Gasteiger partial charge in [-0.05, 0) is 19.1 Å². The molecule has 0 aromatic heterocycles. The highest BCUT2D eigenvalue weighted by atomic mass is 16.7. The van der Waals surface area contributed by atoms with Crippen molar-refractivity contribution in [2.75, 3.05) is 13.2 Å². The zero-order valence-electron chi connectivity index (χ0n) is 9.96. The quantitative estimate of drug-likeness (QED) is 0.869. The molecule has 0 fully saturated rings. The molecule has 0 spiro atoms. The van der Waals surface area contributed by atoms with Crippen LogP contribution < -0.4 is 14.9 Å². The van der Waals surface area contributed by atoms with Crippen molar-refractivity contribution in [3.63, 3.8) is 0 Å². The Hall–Kier alpha value is -1.95. The van der Waals surface area contributed by atoms with Crippen molar-refractivity contribution in [3.8, 4) is 11.5 Å². The summed E-state index contributed by atoms with van der Waals surface area (Å²) in [6, 6.07) is 7.51. The van der Waals surface area contributed by atoms with Gasteiger partial charge in [0.05, 0.1) is 0 Å². The molecule has 18 heavy (non-hydrogen) atoms. The molecule has 6 heteroatoms. The van der Waals surface area contributed by atoms with E-state index in [4.69, 9.17) is 18.9 Å². The van der Waals surface area contributed by atoms with Gasteiger partial charge in [-0.3, -0.25) is 0 Å². The van der Waals surface area contributed by atoms with Gasteiger partial charge in [0, 0.05) is 6.61 Å². The highest BCUT2D eigenvalue weighted by Crippen LogP contribution is 2.31. The minimum absolute atomic E-state index is 0.349. The molecule has 2 aliphatic rings. The van der Waals surface area contributed by atoms with Crippen molar-refractivity contribution in [1.29, 1.82) is 0 Å². The molecule has 0 aliphatic carbocycles. The lowest BCUT2D eigenvalue weighted by Gasteiger charge is -2.25. The average Bonchev–Trinajstić information content (AvgIpc) is 2.87. The predicted octanol–water partition coefficient (Wildman–Crippen LogP) is 1.08. The van der Waals surface area contributed by atoms with Crippen LogP contribution in [0.3, 0.4) is 0 Å². The molecule has 3 rings (SSSR count). The molecule has 0 saturated heterocycles. The number of para-hydroxylation sites is 2. The van der Waals surface area contributed by atoms with Crippen molar-refractivity contribution in [3.05, 3.63) is 24.3 Å². The number of nitrogens with one attached hydrogen (secondary N) is 1. The first kappa shape index (κ1) is 11.2. The summed E-state index contributed by atoms with van der Waals surface area (Å²) in [7, 11) is 0. The van der Waals surface area contributed by atoms with Gasteiger partial charge in [-0.1, -0.05) is 12.1 Å². The van der Waals surface area contributed by atoms with E-state index in [1.807, 2.05) is 31.2 Å². The second-order valence-corrected chi connectivity index (χ2v) is 3.85. The summed E-state index contributed by atoms with van der Waals surface area (Å²) < 4.78 is 22.1. The van der Waals surface area contributed by atoms with Gasteiger partial charge < -0.3 is 18.9 Å². The second-order valence-electron chi connectivity index (χ2n) is 3.85. The summed E-state index contributed by atoms with van der Waals surface area (Å²) in [5, 5.41) is 4.05. The Labute approximate surface area is 104 Å². The van der Waals surface area contributed by atoms with Crippen LogP contribution >= 0.6 is 0 Å². The molecule has 1 aromatic carbocycles. The molecule has 6 nitrogen and oxygen atoms in total. The smallest absolute Gasteiger partial charge is 0.297 e. The number of nitrogens with zero attached hydrogens (tertiary/aromatic N) is 1. The van der Waals surface area contributed by atoms with Crippen LogP contribution in [-0.2, 0) is 9.47 Å². The summed E-state index contributed by atoms with van der Waals surface area (Å²) in [5.74, 6) is 1.88. The minimum Gasteiger partial charge on any atom is -0.485 e. The topological polar surface area (TPSA) is 61.3 Å². The van der Waals surface area contributed by atoms with Gasteiger partial charge in [0.2, 0.25) is 6.10 Å². The van der Waals surface area contributed by atoms with Crippen LogP contribution in [0.5, 0.6) is 11.5 Å². The van der Waals surface area contributed by atoms with Gasteiger partial charge in [0.15, 0.2) is 11.5 Å². The standard InChI is InChI=1S/C12H14N2O4/c1-2-15-12-14-13-11(18-12)10-7-16-8-5-3-4-6-9(8)17-10/h3-6,10,12,14H,2,7H2,1H3. The highest BCUT2D eigenvalue weighted by molar-refractivity contribution is 5.82. The minimum atomic E-state index is -0.536. The summed E-state index contributed by atoms with van der Waals surface area (Å²) in [6.45, 7) is 2.81.